The predicted molar refractivity (Wildman–Crippen MR) is 94.2 cm³/mol. The van der Waals surface area contributed by atoms with Gasteiger partial charge in [-0.25, -0.2) is 0 Å². The summed E-state index contributed by atoms with van der Waals surface area (Å²) in [6, 6.07) is 13.6. The van der Waals surface area contributed by atoms with Crippen molar-refractivity contribution in [3.05, 3.63) is 42.5 Å². The van der Waals surface area contributed by atoms with E-state index >= 15 is 0 Å². The maximum atomic E-state index is 5.72. The largest absolute Gasteiger partial charge is 0.496 e. The van der Waals surface area contributed by atoms with E-state index in [4.69, 9.17) is 14.2 Å². The molecule has 24 heavy (non-hydrogen) atoms. The summed E-state index contributed by atoms with van der Waals surface area (Å²) in [4.78, 5) is 0. The molecule has 0 saturated carbocycles. The van der Waals surface area contributed by atoms with Crippen LogP contribution >= 0.6 is 0 Å². The minimum atomic E-state index is 0.635. The van der Waals surface area contributed by atoms with Crippen LogP contribution in [0.5, 0.6) is 17.2 Å². The third-order valence-electron chi connectivity index (χ3n) is 4.24. The van der Waals surface area contributed by atoms with Gasteiger partial charge < -0.3 is 14.2 Å². The molecule has 0 aliphatic carbocycles. The minimum absolute atomic E-state index is 0.635. The summed E-state index contributed by atoms with van der Waals surface area (Å²) in [7, 11) is 4.92. The molecule has 1 aromatic heterocycles. The van der Waals surface area contributed by atoms with Gasteiger partial charge >= 0.3 is 0 Å². The molecule has 0 radical (unpaired) electrons. The summed E-state index contributed by atoms with van der Waals surface area (Å²) in [6.45, 7) is 0. The van der Waals surface area contributed by atoms with Crippen molar-refractivity contribution in [2.75, 3.05) is 21.3 Å². The number of nitrogens with zero attached hydrogens (tertiary/aromatic N) is 2. The Morgan fingerprint density at radius 3 is 2.12 bits per heavy atom. The molecule has 5 nitrogen and oxygen atoms in total. The highest BCUT2D eigenvalue weighted by molar-refractivity contribution is 6.20. The number of hydrogen-bond donors (Lipinski definition) is 0. The van der Waals surface area contributed by atoms with Crippen molar-refractivity contribution in [3.63, 3.8) is 0 Å². The second-order valence-electron chi connectivity index (χ2n) is 5.39. The fourth-order valence-corrected chi connectivity index (χ4v) is 3.23. The summed E-state index contributed by atoms with van der Waals surface area (Å²) in [5, 5.41) is 12.4. The van der Waals surface area contributed by atoms with E-state index in [1.807, 2.05) is 42.5 Å². The lowest BCUT2D eigenvalue weighted by Gasteiger charge is -2.16. The molecule has 0 N–H and O–H groups in total. The van der Waals surface area contributed by atoms with E-state index in [0.717, 1.165) is 38.3 Å². The Balaban J connectivity index is 2.37. The van der Waals surface area contributed by atoms with Crippen LogP contribution in [0, 0.1) is 0 Å². The van der Waals surface area contributed by atoms with Gasteiger partial charge in [-0.05, 0) is 12.1 Å². The van der Waals surface area contributed by atoms with Crippen molar-refractivity contribution in [2.45, 2.75) is 0 Å². The third-order valence-corrected chi connectivity index (χ3v) is 4.24. The van der Waals surface area contributed by atoms with Gasteiger partial charge in [0.1, 0.15) is 11.3 Å². The van der Waals surface area contributed by atoms with Gasteiger partial charge in [-0.3, -0.25) is 0 Å². The van der Waals surface area contributed by atoms with Gasteiger partial charge in [-0.15, -0.1) is 10.2 Å². The van der Waals surface area contributed by atoms with Crippen LogP contribution in [-0.4, -0.2) is 31.5 Å². The second kappa shape index (κ2) is 5.53. The highest BCUT2D eigenvalue weighted by atomic mass is 16.5. The van der Waals surface area contributed by atoms with Crippen molar-refractivity contribution >= 4 is 32.6 Å². The standard InChI is InChI=1S/C19H16N2O3/c1-22-14-10-6-9-13-15(14)16-17(21-20-13)11-7-4-5-8-12(11)18(23-2)19(16)24-3/h4-10H,1-3H3. The van der Waals surface area contributed by atoms with Crippen LogP contribution in [0.3, 0.4) is 0 Å². The van der Waals surface area contributed by atoms with Crippen molar-refractivity contribution < 1.29 is 14.2 Å². The molecule has 0 unspecified atom stereocenters. The van der Waals surface area contributed by atoms with E-state index in [2.05, 4.69) is 10.2 Å². The Kier molecular flexibility index (Phi) is 3.34. The quantitative estimate of drug-likeness (QED) is 0.535. The lowest BCUT2D eigenvalue weighted by molar-refractivity contribution is 0.362. The number of hydrogen-bond acceptors (Lipinski definition) is 5. The van der Waals surface area contributed by atoms with Crippen LogP contribution in [0.25, 0.3) is 32.6 Å². The van der Waals surface area contributed by atoms with Gasteiger partial charge in [0.15, 0.2) is 11.5 Å². The molecule has 0 bridgehead atoms. The van der Waals surface area contributed by atoms with Gasteiger partial charge in [0.25, 0.3) is 0 Å². The molecule has 0 spiro atoms. The van der Waals surface area contributed by atoms with E-state index in [1.54, 1.807) is 21.3 Å². The first-order valence-corrected chi connectivity index (χ1v) is 7.56. The summed E-state index contributed by atoms with van der Waals surface area (Å²) >= 11 is 0. The average molecular weight is 320 g/mol. The highest BCUT2D eigenvalue weighted by Crippen LogP contribution is 2.46. The first-order valence-electron chi connectivity index (χ1n) is 7.56. The number of fused-ring (bicyclic) bond motifs is 5. The van der Waals surface area contributed by atoms with Gasteiger partial charge in [0.05, 0.1) is 37.6 Å². The van der Waals surface area contributed by atoms with Crippen LogP contribution in [0.15, 0.2) is 42.5 Å². The minimum Gasteiger partial charge on any atom is -0.496 e. The zero-order valence-corrected chi connectivity index (χ0v) is 13.7. The van der Waals surface area contributed by atoms with Gasteiger partial charge in [0.2, 0.25) is 0 Å². The zero-order chi connectivity index (χ0) is 16.7. The SMILES string of the molecule is COc1c(OC)c2c(nnc3cccc(OC)c32)c2ccccc12. The summed E-state index contributed by atoms with van der Waals surface area (Å²) in [5.41, 5.74) is 1.51. The molecule has 3 aromatic carbocycles. The lowest BCUT2D eigenvalue weighted by atomic mass is 10.0. The van der Waals surface area contributed by atoms with Crippen molar-refractivity contribution in [1.29, 1.82) is 0 Å². The molecule has 0 aliphatic heterocycles. The van der Waals surface area contributed by atoms with E-state index < -0.39 is 0 Å². The highest BCUT2D eigenvalue weighted by Gasteiger charge is 2.21. The summed E-state index contributed by atoms with van der Waals surface area (Å²) < 4.78 is 16.9. The first-order chi connectivity index (χ1) is 11.8. The molecule has 5 heteroatoms. The fraction of sp³-hybridized carbons (Fsp3) is 0.158. The van der Waals surface area contributed by atoms with Crippen molar-refractivity contribution in [3.8, 4) is 17.2 Å². The zero-order valence-electron chi connectivity index (χ0n) is 13.7. The Labute approximate surface area is 138 Å². The molecule has 1 heterocycles. The van der Waals surface area contributed by atoms with Gasteiger partial charge in [-0.2, -0.15) is 0 Å². The molecular formula is C19H16N2O3. The molecule has 0 fully saturated rings. The maximum Gasteiger partial charge on any atom is 0.171 e. The smallest absolute Gasteiger partial charge is 0.171 e. The molecule has 0 saturated heterocycles. The Morgan fingerprint density at radius 1 is 0.667 bits per heavy atom. The van der Waals surface area contributed by atoms with E-state index in [0.29, 0.717) is 11.5 Å². The van der Waals surface area contributed by atoms with Crippen molar-refractivity contribution in [2.24, 2.45) is 0 Å². The fourth-order valence-electron chi connectivity index (χ4n) is 3.23. The predicted octanol–water partition coefficient (Wildman–Crippen LogP) is 3.96. The molecule has 0 aliphatic rings. The van der Waals surface area contributed by atoms with Crippen LogP contribution in [-0.2, 0) is 0 Å². The summed E-state index contributed by atoms with van der Waals surface area (Å²) in [5.74, 6) is 2.04. The molecule has 4 rings (SSSR count). The molecule has 0 atom stereocenters. The van der Waals surface area contributed by atoms with Gasteiger partial charge in [-0.1, -0.05) is 30.3 Å². The monoisotopic (exact) mass is 320 g/mol. The Bertz CT molecular complexity index is 1080. The van der Waals surface area contributed by atoms with Crippen molar-refractivity contribution in [1.82, 2.24) is 10.2 Å². The number of aromatic nitrogens is 2. The number of ether oxygens (including phenoxy) is 3. The molecule has 4 aromatic rings. The maximum absolute atomic E-state index is 5.72. The van der Waals surface area contributed by atoms with Crippen LogP contribution in [0.1, 0.15) is 0 Å². The topological polar surface area (TPSA) is 53.5 Å². The first kappa shape index (κ1) is 14.5. The second-order valence-corrected chi connectivity index (χ2v) is 5.39. The van der Waals surface area contributed by atoms with Crippen LogP contribution < -0.4 is 14.2 Å². The number of methoxy groups -OCH3 is 3. The molecule has 120 valence electrons. The van der Waals surface area contributed by atoms with Crippen LogP contribution in [0.4, 0.5) is 0 Å². The van der Waals surface area contributed by atoms with Crippen LogP contribution in [0.2, 0.25) is 0 Å². The average Bonchev–Trinajstić information content (AvgIpc) is 2.65. The lowest BCUT2D eigenvalue weighted by Crippen LogP contribution is -1.98. The molecular weight excluding hydrogens is 304 g/mol. The third kappa shape index (κ3) is 1.88. The normalized spacial score (nSPS) is 11.1. The number of rotatable bonds is 3. The Morgan fingerprint density at radius 2 is 1.42 bits per heavy atom. The van der Waals surface area contributed by atoms with E-state index in [9.17, 15) is 0 Å². The molecule has 0 amide bonds. The summed E-state index contributed by atoms with van der Waals surface area (Å²) in [6.07, 6.45) is 0. The number of benzene rings is 3. The van der Waals surface area contributed by atoms with E-state index in [1.165, 1.54) is 0 Å². The van der Waals surface area contributed by atoms with Gasteiger partial charge in [0, 0.05) is 10.8 Å². The van der Waals surface area contributed by atoms with E-state index in [-0.39, 0.29) is 0 Å². The Hall–Kier alpha value is -3.08.